The van der Waals surface area contributed by atoms with Crippen molar-refractivity contribution in [3.63, 3.8) is 0 Å². The summed E-state index contributed by atoms with van der Waals surface area (Å²) < 4.78 is 0. The lowest BCUT2D eigenvalue weighted by Gasteiger charge is -2.14. The first-order valence-corrected chi connectivity index (χ1v) is 7.43. The first kappa shape index (κ1) is 11.9. The van der Waals surface area contributed by atoms with Gasteiger partial charge in [-0.15, -0.1) is 11.3 Å². The summed E-state index contributed by atoms with van der Waals surface area (Å²) >= 11 is 1.71. The van der Waals surface area contributed by atoms with Gasteiger partial charge in [-0.3, -0.25) is 4.98 Å². The SMILES string of the molecule is CC(NCc1cncs1)c1ccc2c(c1)CCC2. The first-order valence-electron chi connectivity index (χ1n) is 6.55. The van der Waals surface area contributed by atoms with Crippen molar-refractivity contribution in [2.75, 3.05) is 0 Å². The number of nitrogens with one attached hydrogen (secondary N) is 1. The number of hydrogen-bond donors (Lipinski definition) is 1. The van der Waals surface area contributed by atoms with Gasteiger partial charge >= 0.3 is 0 Å². The summed E-state index contributed by atoms with van der Waals surface area (Å²) in [7, 11) is 0. The zero-order valence-electron chi connectivity index (χ0n) is 10.6. The van der Waals surface area contributed by atoms with E-state index in [1.807, 2.05) is 11.7 Å². The summed E-state index contributed by atoms with van der Waals surface area (Å²) in [6.45, 7) is 3.14. The molecule has 2 nitrogen and oxygen atoms in total. The van der Waals surface area contributed by atoms with Gasteiger partial charge in [0.15, 0.2) is 0 Å². The normalized spacial score (nSPS) is 15.6. The summed E-state index contributed by atoms with van der Waals surface area (Å²) in [5, 5.41) is 3.56. The van der Waals surface area contributed by atoms with Crippen LogP contribution in [0, 0.1) is 0 Å². The minimum Gasteiger partial charge on any atom is -0.305 e. The summed E-state index contributed by atoms with van der Waals surface area (Å²) in [5.41, 5.74) is 6.39. The Morgan fingerprint density at radius 2 is 2.22 bits per heavy atom. The van der Waals surface area contributed by atoms with Crippen LogP contribution in [0.4, 0.5) is 0 Å². The van der Waals surface area contributed by atoms with Crippen LogP contribution in [0.15, 0.2) is 29.9 Å². The fraction of sp³-hybridized carbons (Fsp3) is 0.400. The predicted molar refractivity (Wildman–Crippen MR) is 75.8 cm³/mol. The summed E-state index contributed by atoms with van der Waals surface area (Å²) in [6, 6.07) is 7.36. The molecule has 1 N–H and O–H groups in total. The predicted octanol–water partition coefficient (Wildman–Crippen LogP) is 3.48. The van der Waals surface area contributed by atoms with E-state index in [2.05, 4.69) is 35.4 Å². The molecule has 0 amide bonds. The molecule has 18 heavy (non-hydrogen) atoms. The molecular formula is C15H18N2S. The van der Waals surface area contributed by atoms with E-state index in [-0.39, 0.29) is 0 Å². The molecule has 0 saturated carbocycles. The Morgan fingerprint density at radius 1 is 1.33 bits per heavy atom. The average Bonchev–Trinajstić information content (AvgIpc) is 3.05. The summed E-state index contributed by atoms with van der Waals surface area (Å²) in [6.07, 6.45) is 5.78. The molecule has 0 aliphatic heterocycles. The second-order valence-corrected chi connectivity index (χ2v) is 5.92. The molecule has 1 aromatic carbocycles. The van der Waals surface area contributed by atoms with E-state index in [4.69, 9.17) is 0 Å². The van der Waals surface area contributed by atoms with Crippen LogP contribution in [-0.4, -0.2) is 4.98 Å². The van der Waals surface area contributed by atoms with Crippen LogP contribution in [0.1, 0.15) is 41.0 Å². The molecule has 0 fully saturated rings. The molecule has 1 aromatic heterocycles. The Hall–Kier alpha value is -1.19. The van der Waals surface area contributed by atoms with Gasteiger partial charge in [0.05, 0.1) is 5.51 Å². The van der Waals surface area contributed by atoms with Gasteiger partial charge in [0.25, 0.3) is 0 Å². The number of nitrogens with zero attached hydrogens (tertiary/aromatic N) is 1. The highest BCUT2D eigenvalue weighted by atomic mass is 32.1. The van der Waals surface area contributed by atoms with Crippen LogP contribution < -0.4 is 5.32 Å². The highest BCUT2D eigenvalue weighted by molar-refractivity contribution is 7.09. The summed E-state index contributed by atoms with van der Waals surface area (Å²) in [5.74, 6) is 0. The molecule has 1 aliphatic rings. The fourth-order valence-corrected chi connectivity index (χ4v) is 3.11. The van der Waals surface area contributed by atoms with Crippen LogP contribution >= 0.6 is 11.3 Å². The highest BCUT2D eigenvalue weighted by Crippen LogP contribution is 2.25. The van der Waals surface area contributed by atoms with E-state index in [9.17, 15) is 0 Å². The molecular weight excluding hydrogens is 240 g/mol. The van der Waals surface area contributed by atoms with Crippen LogP contribution in [0.2, 0.25) is 0 Å². The lowest BCUT2D eigenvalue weighted by Crippen LogP contribution is -2.17. The topological polar surface area (TPSA) is 24.9 Å². The Bertz CT molecular complexity index is 519. The van der Waals surface area contributed by atoms with Gasteiger partial charge in [-0.25, -0.2) is 0 Å². The second kappa shape index (κ2) is 5.21. The molecule has 2 aromatic rings. The lowest BCUT2D eigenvalue weighted by molar-refractivity contribution is 0.578. The Kier molecular flexibility index (Phi) is 3.43. The molecule has 94 valence electrons. The van der Waals surface area contributed by atoms with Crippen molar-refractivity contribution in [1.29, 1.82) is 0 Å². The molecule has 0 spiro atoms. The number of hydrogen-bond acceptors (Lipinski definition) is 3. The maximum atomic E-state index is 4.10. The van der Waals surface area contributed by atoms with E-state index in [0.717, 1.165) is 6.54 Å². The van der Waals surface area contributed by atoms with Gasteiger partial charge < -0.3 is 5.32 Å². The number of rotatable bonds is 4. The van der Waals surface area contributed by atoms with E-state index in [1.165, 1.54) is 29.7 Å². The van der Waals surface area contributed by atoms with Gasteiger partial charge in [0.2, 0.25) is 0 Å². The summed E-state index contributed by atoms with van der Waals surface area (Å²) in [4.78, 5) is 5.39. The third kappa shape index (κ3) is 2.47. The van der Waals surface area contributed by atoms with Gasteiger partial charge in [-0.1, -0.05) is 18.2 Å². The van der Waals surface area contributed by atoms with E-state index in [0.29, 0.717) is 6.04 Å². The molecule has 3 heteroatoms. The third-order valence-electron chi connectivity index (χ3n) is 3.69. The second-order valence-electron chi connectivity index (χ2n) is 4.95. The molecule has 3 rings (SSSR count). The zero-order chi connectivity index (χ0) is 12.4. The van der Waals surface area contributed by atoms with Crippen LogP contribution in [-0.2, 0) is 19.4 Å². The minimum atomic E-state index is 0.401. The number of thiazole rings is 1. The number of aryl methyl sites for hydroxylation is 2. The van der Waals surface area contributed by atoms with Crippen LogP contribution in [0.25, 0.3) is 0 Å². The Labute approximate surface area is 112 Å². The van der Waals surface area contributed by atoms with Crippen molar-refractivity contribution >= 4 is 11.3 Å². The molecule has 1 aliphatic carbocycles. The first-order chi connectivity index (χ1) is 8.83. The smallest absolute Gasteiger partial charge is 0.0794 e. The molecule has 0 saturated heterocycles. The van der Waals surface area contributed by atoms with E-state index < -0.39 is 0 Å². The van der Waals surface area contributed by atoms with Crippen molar-refractivity contribution in [3.05, 3.63) is 51.5 Å². The van der Waals surface area contributed by atoms with Gasteiger partial charge in [0.1, 0.15) is 0 Å². The lowest BCUT2D eigenvalue weighted by atomic mass is 10.0. The van der Waals surface area contributed by atoms with Gasteiger partial charge in [-0.2, -0.15) is 0 Å². The molecule has 0 bridgehead atoms. The molecule has 1 unspecified atom stereocenters. The van der Waals surface area contributed by atoms with Crippen molar-refractivity contribution in [2.24, 2.45) is 0 Å². The molecule has 0 radical (unpaired) electrons. The third-order valence-corrected chi connectivity index (χ3v) is 4.47. The van der Waals surface area contributed by atoms with Crippen molar-refractivity contribution in [1.82, 2.24) is 10.3 Å². The van der Waals surface area contributed by atoms with Gasteiger partial charge in [-0.05, 0) is 42.9 Å². The van der Waals surface area contributed by atoms with Crippen molar-refractivity contribution < 1.29 is 0 Å². The number of benzene rings is 1. The molecule has 1 atom stereocenters. The van der Waals surface area contributed by atoms with E-state index >= 15 is 0 Å². The maximum Gasteiger partial charge on any atom is 0.0794 e. The van der Waals surface area contributed by atoms with Crippen molar-refractivity contribution in [3.8, 4) is 0 Å². The largest absolute Gasteiger partial charge is 0.305 e. The quantitative estimate of drug-likeness (QED) is 0.908. The fourth-order valence-electron chi connectivity index (χ4n) is 2.56. The van der Waals surface area contributed by atoms with E-state index in [1.54, 1.807) is 22.5 Å². The standard InChI is InChI=1S/C15H18N2S/c1-11(17-9-15-8-16-10-18-15)13-6-5-12-3-2-4-14(12)7-13/h5-8,10-11,17H,2-4,9H2,1H3. The highest BCUT2D eigenvalue weighted by Gasteiger charge is 2.13. The van der Waals surface area contributed by atoms with Gasteiger partial charge in [0, 0.05) is 23.7 Å². The molecule has 1 heterocycles. The zero-order valence-corrected chi connectivity index (χ0v) is 11.5. The van der Waals surface area contributed by atoms with Crippen molar-refractivity contribution in [2.45, 2.75) is 38.8 Å². The number of fused-ring (bicyclic) bond motifs is 1. The van der Waals surface area contributed by atoms with Crippen LogP contribution in [0.5, 0.6) is 0 Å². The van der Waals surface area contributed by atoms with Crippen LogP contribution in [0.3, 0.4) is 0 Å². The average molecular weight is 258 g/mol. The number of aromatic nitrogens is 1. The minimum absolute atomic E-state index is 0.401. The monoisotopic (exact) mass is 258 g/mol. The maximum absolute atomic E-state index is 4.10. The Balaban J connectivity index is 1.67. The Morgan fingerprint density at radius 3 is 3.06 bits per heavy atom.